The summed E-state index contributed by atoms with van der Waals surface area (Å²) in [6, 6.07) is 17.5. The van der Waals surface area contributed by atoms with E-state index in [0.29, 0.717) is 39.9 Å². The number of imide groups is 1. The number of hydrogen-bond acceptors (Lipinski definition) is 5. The van der Waals surface area contributed by atoms with Crippen LogP contribution in [0.1, 0.15) is 52.1 Å². The highest BCUT2D eigenvalue weighted by atomic mass is 35.5. The van der Waals surface area contributed by atoms with Gasteiger partial charge in [0, 0.05) is 5.69 Å². The lowest BCUT2D eigenvalue weighted by Gasteiger charge is -2.49. The second-order valence-electron chi connectivity index (χ2n) is 8.71. The zero-order chi connectivity index (χ0) is 25.4. The third-order valence-corrected chi connectivity index (χ3v) is 6.87. The number of anilines is 1. The van der Waals surface area contributed by atoms with Crippen LogP contribution in [0, 0.1) is 0 Å². The Morgan fingerprint density at radius 3 is 2.11 bits per heavy atom. The molecule has 2 heterocycles. The Morgan fingerprint density at radius 2 is 1.53 bits per heavy atom. The van der Waals surface area contributed by atoms with Crippen molar-refractivity contribution in [2.75, 3.05) is 18.6 Å². The molecule has 2 aliphatic rings. The van der Waals surface area contributed by atoms with E-state index in [0.717, 1.165) is 23.3 Å². The fourth-order valence-electron chi connectivity index (χ4n) is 4.71. The molecule has 1 saturated heterocycles. The maximum atomic E-state index is 13.6. The first kappa shape index (κ1) is 23.9. The molecule has 184 valence electrons. The molecular formula is C28H25ClN2O5. The third kappa shape index (κ3) is 3.89. The molecule has 7 nitrogen and oxygen atoms in total. The fraction of sp³-hybridized carbons (Fsp3) is 0.250. The van der Waals surface area contributed by atoms with E-state index in [1.165, 1.54) is 7.11 Å². The number of benzene rings is 3. The molecule has 5 rings (SSSR count). The van der Waals surface area contributed by atoms with Gasteiger partial charge < -0.3 is 14.4 Å². The maximum Gasteiger partial charge on any atom is 0.262 e. The minimum atomic E-state index is -0.981. The van der Waals surface area contributed by atoms with Gasteiger partial charge in [0.15, 0.2) is 0 Å². The number of carbonyl (C=O) groups is 3. The maximum absolute atomic E-state index is 13.6. The monoisotopic (exact) mass is 504 g/mol. The number of carbonyl (C=O) groups excluding carboxylic acids is 3. The second-order valence-corrected chi connectivity index (χ2v) is 9.12. The van der Waals surface area contributed by atoms with E-state index in [4.69, 9.17) is 21.1 Å². The molecule has 2 aliphatic heterocycles. The quantitative estimate of drug-likeness (QED) is 0.237. The Bertz CT molecular complexity index is 1310. The van der Waals surface area contributed by atoms with Gasteiger partial charge >= 0.3 is 0 Å². The number of ether oxygens (including phenoxy) is 2. The van der Waals surface area contributed by atoms with Gasteiger partial charge in [0.25, 0.3) is 17.7 Å². The van der Waals surface area contributed by atoms with Crippen molar-refractivity contribution < 1.29 is 23.9 Å². The number of hydrogen-bond donors (Lipinski definition) is 0. The summed E-state index contributed by atoms with van der Waals surface area (Å²) in [6.45, 7) is 2.71. The summed E-state index contributed by atoms with van der Waals surface area (Å²) in [4.78, 5) is 42.7. The van der Waals surface area contributed by atoms with E-state index in [-0.39, 0.29) is 5.91 Å². The van der Waals surface area contributed by atoms with Crippen molar-refractivity contribution in [1.29, 1.82) is 0 Å². The van der Waals surface area contributed by atoms with Gasteiger partial charge in [-0.05, 0) is 54.4 Å². The van der Waals surface area contributed by atoms with Crippen LogP contribution in [0.2, 0.25) is 5.02 Å². The highest BCUT2D eigenvalue weighted by Crippen LogP contribution is 2.45. The molecule has 36 heavy (non-hydrogen) atoms. The van der Waals surface area contributed by atoms with Crippen molar-refractivity contribution in [3.05, 3.63) is 88.4 Å². The van der Waals surface area contributed by atoms with Crippen LogP contribution in [0.25, 0.3) is 0 Å². The third-order valence-electron chi connectivity index (χ3n) is 6.57. The number of methoxy groups -OCH3 is 1. The first-order chi connectivity index (χ1) is 17.5. The number of unbranched alkanes of at least 4 members (excludes halogenated alkanes) is 1. The molecule has 1 fully saturated rings. The Morgan fingerprint density at radius 1 is 0.861 bits per heavy atom. The van der Waals surface area contributed by atoms with Gasteiger partial charge in [-0.1, -0.05) is 49.2 Å². The molecule has 0 bridgehead atoms. The molecule has 8 heteroatoms. The van der Waals surface area contributed by atoms with E-state index in [1.54, 1.807) is 47.4 Å². The van der Waals surface area contributed by atoms with Crippen LogP contribution in [0.3, 0.4) is 0 Å². The molecule has 0 aliphatic carbocycles. The number of halogens is 1. The van der Waals surface area contributed by atoms with E-state index in [1.807, 2.05) is 24.3 Å². The summed E-state index contributed by atoms with van der Waals surface area (Å²) in [5, 5.41) is 0.352. The standard InChI is InChI=1S/C28H25ClN2O5/c1-3-4-15-36-19-12-9-17(10-13-19)24-25(31-26(32)20-7-5-6-8-21(20)27(31)33)28(34)30(24)18-11-14-23(35-2)22(29)16-18/h5-14,16,24-25H,3-4,15H2,1-2H3/t24-,25+/m0/s1. The highest BCUT2D eigenvalue weighted by molar-refractivity contribution is 6.32. The Kier molecular flexibility index (Phi) is 6.41. The lowest BCUT2D eigenvalue weighted by Crippen LogP contribution is -2.67. The van der Waals surface area contributed by atoms with Crippen LogP contribution in [0.15, 0.2) is 66.7 Å². The van der Waals surface area contributed by atoms with E-state index in [9.17, 15) is 14.4 Å². The summed E-state index contributed by atoms with van der Waals surface area (Å²) in [5.74, 6) is -0.0969. The zero-order valence-electron chi connectivity index (χ0n) is 19.9. The SMILES string of the molecule is CCCCOc1ccc([C@H]2[C@@H](N3C(=O)c4ccccc4C3=O)C(=O)N2c2ccc(OC)c(Cl)c2)cc1. The van der Waals surface area contributed by atoms with Crippen LogP contribution < -0.4 is 14.4 Å². The first-order valence-corrected chi connectivity index (χ1v) is 12.2. The summed E-state index contributed by atoms with van der Waals surface area (Å²) in [5.41, 5.74) is 1.93. The molecular weight excluding hydrogens is 480 g/mol. The van der Waals surface area contributed by atoms with Crippen molar-refractivity contribution in [3.63, 3.8) is 0 Å². The minimum absolute atomic E-state index is 0.305. The van der Waals surface area contributed by atoms with Gasteiger partial charge in [0.05, 0.1) is 35.9 Å². The summed E-state index contributed by atoms with van der Waals surface area (Å²) in [6.07, 6.45) is 1.98. The molecule has 3 aromatic carbocycles. The largest absolute Gasteiger partial charge is 0.495 e. The predicted molar refractivity (Wildman–Crippen MR) is 136 cm³/mol. The predicted octanol–water partition coefficient (Wildman–Crippen LogP) is 5.28. The van der Waals surface area contributed by atoms with E-state index < -0.39 is 23.9 Å². The van der Waals surface area contributed by atoms with Crippen LogP contribution in [0.4, 0.5) is 5.69 Å². The average Bonchev–Trinajstić information content (AvgIpc) is 3.13. The Hall–Kier alpha value is -3.84. The number of β-lactam (4-membered cyclic amide) rings is 1. The molecule has 0 spiro atoms. The topological polar surface area (TPSA) is 76.2 Å². The van der Waals surface area contributed by atoms with Crippen molar-refractivity contribution in [2.45, 2.75) is 31.8 Å². The summed E-state index contributed by atoms with van der Waals surface area (Å²) < 4.78 is 11.0. The normalized spacial score (nSPS) is 18.8. The van der Waals surface area contributed by atoms with Gasteiger partial charge in [0.1, 0.15) is 17.5 Å². The van der Waals surface area contributed by atoms with Crippen molar-refractivity contribution in [2.24, 2.45) is 0 Å². The van der Waals surface area contributed by atoms with E-state index >= 15 is 0 Å². The van der Waals surface area contributed by atoms with Gasteiger partial charge in [-0.3, -0.25) is 19.3 Å². The lowest BCUT2D eigenvalue weighted by atomic mass is 9.86. The number of fused-ring (bicyclic) bond motifs is 1. The number of nitrogens with zero attached hydrogens (tertiary/aromatic N) is 2. The van der Waals surface area contributed by atoms with Crippen molar-refractivity contribution in [1.82, 2.24) is 4.90 Å². The highest BCUT2D eigenvalue weighted by Gasteiger charge is 2.57. The number of rotatable bonds is 8. The van der Waals surface area contributed by atoms with Crippen molar-refractivity contribution in [3.8, 4) is 11.5 Å². The first-order valence-electron chi connectivity index (χ1n) is 11.8. The Balaban J connectivity index is 1.52. The second kappa shape index (κ2) is 9.66. The summed E-state index contributed by atoms with van der Waals surface area (Å²) in [7, 11) is 1.51. The van der Waals surface area contributed by atoms with Gasteiger partial charge in [-0.2, -0.15) is 0 Å². The molecule has 0 N–H and O–H groups in total. The van der Waals surface area contributed by atoms with Crippen molar-refractivity contribution >= 4 is 35.0 Å². The molecule has 3 aromatic rings. The molecule has 3 amide bonds. The molecule has 0 saturated carbocycles. The van der Waals surface area contributed by atoms with Crippen LogP contribution in [0.5, 0.6) is 11.5 Å². The molecule has 0 radical (unpaired) electrons. The molecule has 2 atom stereocenters. The smallest absolute Gasteiger partial charge is 0.262 e. The van der Waals surface area contributed by atoms with Gasteiger partial charge in [-0.15, -0.1) is 0 Å². The van der Waals surface area contributed by atoms with Crippen LogP contribution >= 0.6 is 11.6 Å². The average molecular weight is 505 g/mol. The number of amides is 3. The summed E-state index contributed by atoms with van der Waals surface area (Å²) >= 11 is 6.35. The Labute approximate surface area is 214 Å². The van der Waals surface area contributed by atoms with Gasteiger partial charge in [0.2, 0.25) is 0 Å². The molecule has 0 aromatic heterocycles. The zero-order valence-corrected chi connectivity index (χ0v) is 20.7. The molecule has 0 unspecified atom stereocenters. The minimum Gasteiger partial charge on any atom is -0.495 e. The van der Waals surface area contributed by atoms with Crippen LogP contribution in [-0.4, -0.2) is 42.4 Å². The lowest BCUT2D eigenvalue weighted by molar-refractivity contribution is -0.130. The van der Waals surface area contributed by atoms with Crippen LogP contribution in [-0.2, 0) is 4.79 Å². The van der Waals surface area contributed by atoms with Gasteiger partial charge in [-0.25, -0.2) is 0 Å². The van der Waals surface area contributed by atoms with E-state index in [2.05, 4.69) is 6.92 Å². The fourth-order valence-corrected chi connectivity index (χ4v) is 4.96.